The zero-order valence-electron chi connectivity index (χ0n) is 11.3. The van der Waals surface area contributed by atoms with Gasteiger partial charge in [0.15, 0.2) is 0 Å². The number of hydrogen-bond donors (Lipinski definition) is 2. The molecule has 2 N–H and O–H groups in total. The van der Waals surface area contributed by atoms with E-state index in [1.54, 1.807) is 6.07 Å². The fourth-order valence-electron chi connectivity index (χ4n) is 2.05. The number of nitro benzene ring substituents is 1. The van der Waals surface area contributed by atoms with Crippen LogP contribution in [-0.2, 0) is 20.5 Å². The lowest BCUT2D eigenvalue weighted by Crippen LogP contribution is -2.48. The second-order valence-corrected chi connectivity index (χ2v) is 6.53. The van der Waals surface area contributed by atoms with Crippen molar-refractivity contribution in [3.8, 4) is 0 Å². The van der Waals surface area contributed by atoms with Gasteiger partial charge in [-0.05, 0) is 0 Å². The molecule has 1 aliphatic heterocycles. The first kappa shape index (κ1) is 15.8. The van der Waals surface area contributed by atoms with E-state index in [2.05, 4.69) is 10.0 Å². The van der Waals surface area contributed by atoms with Crippen molar-refractivity contribution >= 4 is 15.7 Å². The normalized spacial score (nSPS) is 19.3. The monoisotopic (exact) mass is 315 g/mol. The number of sulfonamides is 1. The molecule has 1 fully saturated rings. The maximum atomic E-state index is 12.0. The first-order chi connectivity index (χ1) is 9.98. The Morgan fingerprint density at radius 2 is 2.19 bits per heavy atom. The maximum Gasteiger partial charge on any atom is 0.273 e. The molecule has 0 spiro atoms. The summed E-state index contributed by atoms with van der Waals surface area (Å²) in [5, 5.41) is 14.0. The Kier molecular flexibility index (Phi) is 5.23. The average Bonchev–Trinajstić information content (AvgIpc) is 2.46. The first-order valence-electron chi connectivity index (χ1n) is 6.49. The van der Waals surface area contributed by atoms with Crippen LogP contribution in [0, 0.1) is 10.1 Å². The van der Waals surface area contributed by atoms with E-state index >= 15 is 0 Å². The fraction of sp³-hybridized carbons (Fsp3) is 0.500. The zero-order valence-corrected chi connectivity index (χ0v) is 12.1. The molecule has 0 aliphatic carbocycles. The molecule has 0 amide bonds. The summed E-state index contributed by atoms with van der Waals surface area (Å²) >= 11 is 0. The van der Waals surface area contributed by atoms with Crippen molar-refractivity contribution in [2.24, 2.45) is 0 Å². The Balaban J connectivity index is 1.99. The van der Waals surface area contributed by atoms with Crippen LogP contribution in [0.2, 0.25) is 0 Å². The number of hydrogen-bond acceptors (Lipinski definition) is 6. The van der Waals surface area contributed by atoms with Crippen molar-refractivity contribution in [2.45, 2.75) is 11.8 Å². The number of nitrogens with one attached hydrogen (secondary N) is 2. The SMILES string of the molecule is O=[N+]([O-])c1ccccc1CS(=O)(=O)NCC1COCCN1. The summed E-state index contributed by atoms with van der Waals surface area (Å²) < 4.78 is 31.7. The third-order valence-corrected chi connectivity index (χ3v) is 4.38. The lowest BCUT2D eigenvalue weighted by atomic mass is 10.2. The first-order valence-corrected chi connectivity index (χ1v) is 8.14. The van der Waals surface area contributed by atoms with Crippen LogP contribution in [0.25, 0.3) is 0 Å². The lowest BCUT2D eigenvalue weighted by Gasteiger charge is -2.23. The zero-order chi connectivity index (χ0) is 15.3. The summed E-state index contributed by atoms with van der Waals surface area (Å²) in [6.07, 6.45) is 0. The molecular formula is C12H17N3O5S. The molecule has 1 atom stereocenters. The molecule has 0 aromatic heterocycles. The predicted octanol–water partition coefficient (Wildman–Crippen LogP) is 0.00260. The van der Waals surface area contributed by atoms with Gasteiger partial charge in [-0.1, -0.05) is 18.2 Å². The van der Waals surface area contributed by atoms with Gasteiger partial charge in [0, 0.05) is 30.8 Å². The molecule has 9 heteroatoms. The predicted molar refractivity (Wildman–Crippen MR) is 76.3 cm³/mol. The summed E-state index contributed by atoms with van der Waals surface area (Å²) in [6.45, 7) is 1.92. The number of morpholine rings is 1. The van der Waals surface area contributed by atoms with Crippen LogP contribution in [0.5, 0.6) is 0 Å². The highest BCUT2D eigenvalue weighted by molar-refractivity contribution is 7.88. The van der Waals surface area contributed by atoms with Crippen LogP contribution in [0.1, 0.15) is 5.56 Å². The Bertz CT molecular complexity index is 599. The largest absolute Gasteiger partial charge is 0.378 e. The molecule has 1 aromatic rings. The van der Waals surface area contributed by atoms with Gasteiger partial charge in [-0.15, -0.1) is 0 Å². The Hall–Kier alpha value is -1.55. The number of nitro groups is 1. The van der Waals surface area contributed by atoms with Crippen molar-refractivity contribution in [1.82, 2.24) is 10.0 Å². The van der Waals surface area contributed by atoms with E-state index < -0.39 is 20.7 Å². The molecule has 1 unspecified atom stereocenters. The fourth-order valence-corrected chi connectivity index (χ4v) is 3.26. The number of ether oxygens (including phenoxy) is 1. The van der Waals surface area contributed by atoms with Gasteiger partial charge in [-0.3, -0.25) is 10.1 Å². The molecule has 1 saturated heterocycles. The van der Waals surface area contributed by atoms with Crippen LogP contribution in [0.4, 0.5) is 5.69 Å². The van der Waals surface area contributed by atoms with Gasteiger partial charge in [0.05, 0.1) is 23.9 Å². The second-order valence-electron chi connectivity index (χ2n) is 4.72. The quantitative estimate of drug-likeness (QED) is 0.565. The van der Waals surface area contributed by atoms with Crippen molar-refractivity contribution in [3.63, 3.8) is 0 Å². The van der Waals surface area contributed by atoms with Crippen LogP contribution < -0.4 is 10.0 Å². The third kappa shape index (κ3) is 4.74. The molecule has 21 heavy (non-hydrogen) atoms. The summed E-state index contributed by atoms with van der Waals surface area (Å²) in [4.78, 5) is 10.3. The molecule has 2 rings (SSSR count). The highest BCUT2D eigenvalue weighted by atomic mass is 32.2. The van der Waals surface area contributed by atoms with Gasteiger partial charge in [-0.25, -0.2) is 13.1 Å². The molecule has 1 aromatic carbocycles. The van der Waals surface area contributed by atoms with Crippen molar-refractivity contribution in [1.29, 1.82) is 0 Å². The van der Waals surface area contributed by atoms with Crippen LogP contribution in [-0.4, -0.2) is 45.7 Å². The number of para-hydroxylation sites is 1. The number of nitrogens with zero attached hydrogens (tertiary/aromatic N) is 1. The topological polar surface area (TPSA) is 111 Å². The summed E-state index contributed by atoms with van der Waals surface area (Å²) in [6, 6.07) is 5.74. The Morgan fingerprint density at radius 1 is 1.43 bits per heavy atom. The molecule has 1 heterocycles. The van der Waals surface area contributed by atoms with E-state index in [1.165, 1.54) is 18.2 Å². The van der Waals surface area contributed by atoms with Crippen LogP contribution in [0.15, 0.2) is 24.3 Å². The third-order valence-electron chi connectivity index (χ3n) is 3.08. The van der Waals surface area contributed by atoms with Crippen molar-refractivity contribution in [2.75, 3.05) is 26.3 Å². The van der Waals surface area contributed by atoms with Crippen LogP contribution in [0.3, 0.4) is 0 Å². The van der Waals surface area contributed by atoms with E-state index in [1.807, 2.05) is 0 Å². The van der Waals surface area contributed by atoms with E-state index in [9.17, 15) is 18.5 Å². The molecule has 8 nitrogen and oxygen atoms in total. The molecular weight excluding hydrogens is 298 g/mol. The van der Waals surface area contributed by atoms with E-state index in [4.69, 9.17) is 4.74 Å². The molecule has 1 aliphatic rings. The minimum absolute atomic E-state index is 0.0840. The van der Waals surface area contributed by atoms with Gasteiger partial charge in [0.25, 0.3) is 5.69 Å². The second kappa shape index (κ2) is 6.94. The van der Waals surface area contributed by atoms with E-state index in [-0.39, 0.29) is 23.8 Å². The van der Waals surface area contributed by atoms with Gasteiger partial charge >= 0.3 is 0 Å². The Morgan fingerprint density at radius 3 is 2.86 bits per heavy atom. The van der Waals surface area contributed by atoms with Crippen molar-refractivity contribution < 1.29 is 18.1 Å². The van der Waals surface area contributed by atoms with Gasteiger partial charge < -0.3 is 10.1 Å². The van der Waals surface area contributed by atoms with E-state index in [0.29, 0.717) is 19.8 Å². The minimum atomic E-state index is -3.64. The molecule has 0 radical (unpaired) electrons. The highest BCUT2D eigenvalue weighted by Gasteiger charge is 2.21. The smallest absolute Gasteiger partial charge is 0.273 e. The Labute approximate surface area is 122 Å². The standard InChI is InChI=1S/C12H17N3O5S/c16-15(17)12-4-2-1-3-10(12)9-21(18,19)14-7-11-8-20-6-5-13-11/h1-4,11,13-14H,5-9H2. The maximum absolute atomic E-state index is 12.0. The van der Waals surface area contributed by atoms with Crippen molar-refractivity contribution in [3.05, 3.63) is 39.9 Å². The number of rotatable bonds is 6. The summed E-state index contributed by atoms with van der Waals surface area (Å²) in [7, 11) is -3.64. The lowest BCUT2D eigenvalue weighted by molar-refractivity contribution is -0.385. The molecule has 116 valence electrons. The number of benzene rings is 1. The van der Waals surface area contributed by atoms with Gasteiger partial charge in [-0.2, -0.15) is 0 Å². The summed E-state index contributed by atoms with van der Waals surface area (Å²) in [5.41, 5.74) is -0.0233. The average molecular weight is 315 g/mol. The molecule has 0 saturated carbocycles. The van der Waals surface area contributed by atoms with Gasteiger partial charge in [0.1, 0.15) is 0 Å². The minimum Gasteiger partial charge on any atom is -0.378 e. The highest BCUT2D eigenvalue weighted by Crippen LogP contribution is 2.19. The summed E-state index contributed by atoms with van der Waals surface area (Å²) in [5.74, 6) is -0.419. The molecule has 0 bridgehead atoms. The van der Waals surface area contributed by atoms with Crippen LogP contribution >= 0.6 is 0 Å². The van der Waals surface area contributed by atoms with Gasteiger partial charge in [0.2, 0.25) is 10.0 Å². The van der Waals surface area contributed by atoms with E-state index in [0.717, 1.165) is 0 Å².